The van der Waals surface area contributed by atoms with Gasteiger partial charge in [0, 0.05) is 24.7 Å². The van der Waals surface area contributed by atoms with Crippen LogP contribution in [-0.4, -0.2) is 46.0 Å². The molecule has 0 bridgehead atoms. The van der Waals surface area contributed by atoms with E-state index in [2.05, 4.69) is 4.98 Å². The van der Waals surface area contributed by atoms with E-state index in [-0.39, 0.29) is 17.8 Å². The number of amides is 1. The molecule has 1 saturated heterocycles. The number of hydrogen-bond acceptors (Lipinski definition) is 4. The summed E-state index contributed by atoms with van der Waals surface area (Å²) in [4.78, 5) is 31.8. The molecule has 30 heavy (non-hydrogen) atoms. The minimum Gasteiger partial charge on any atom is -0.466 e. The standard InChI is InChI=1S/C23H24ClN3O3/c1-2-30-23(29)17-11-13-26(14-12-17)22(28)21-25-19-5-3-4-6-20(19)27(21)15-16-7-9-18(24)10-8-16/h3-10,17H,2,11-15H2,1H3. The number of likely N-dealkylation sites (tertiary alicyclic amines) is 1. The molecule has 156 valence electrons. The predicted octanol–water partition coefficient (Wildman–Crippen LogP) is 4.15. The third kappa shape index (κ3) is 4.19. The van der Waals surface area contributed by atoms with Crippen LogP contribution < -0.4 is 0 Å². The zero-order chi connectivity index (χ0) is 21.1. The molecule has 0 saturated carbocycles. The fourth-order valence-corrected chi connectivity index (χ4v) is 4.02. The van der Waals surface area contributed by atoms with Crippen molar-refractivity contribution in [3.63, 3.8) is 0 Å². The van der Waals surface area contributed by atoms with Gasteiger partial charge >= 0.3 is 5.97 Å². The first-order chi connectivity index (χ1) is 14.6. The molecule has 7 heteroatoms. The van der Waals surface area contributed by atoms with Gasteiger partial charge in [-0.15, -0.1) is 0 Å². The maximum atomic E-state index is 13.3. The highest BCUT2D eigenvalue weighted by atomic mass is 35.5. The van der Waals surface area contributed by atoms with E-state index >= 15 is 0 Å². The number of rotatable bonds is 5. The number of fused-ring (bicyclic) bond motifs is 1. The number of hydrogen-bond donors (Lipinski definition) is 0. The monoisotopic (exact) mass is 425 g/mol. The molecule has 0 aliphatic carbocycles. The Labute approximate surface area is 180 Å². The van der Waals surface area contributed by atoms with Gasteiger partial charge in [0.15, 0.2) is 0 Å². The zero-order valence-electron chi connectivity index (χ0n) is 16.9. The summed E-state index contributed by atoms with van der Waals surface area (Å²) < 4.78 is 7.08. The number of halogens is 1. The molecule has 1 aliphatic rings. The van der Waals surface area contributed by atoms with Crippen LogP contribution in [-0.2, 0) is 16.1 Å². The second kappa shape index (κ2) is 8.88. The SMILES string of the molecule is CCOC(=O)C1CCN(C(=O)c2nc3ccccc3n2Cc2ccc(Cl)cc2)CC1. The quantitative estimate of drug-likeness (QED) is 0.576. The van der Waals surface area contributed by atoms with Crippen LogP contribution in [0.3, 0.4) is 0 Å². The van der Waals surface area contributed by atoms with Gasteiger partial charge in [0.2, 0.25) is 5.82 Å². The first kappa shape index (κ1) is 20.4. The van der Waals surface area contributed by atoms with Crippen LogP contribution in [0, 0.1) is 5.92 Å². The lowest BCUT2D eigenvalue weighted by Gasteiger charge is -2.30. The number of para-hydroxylation sites is 2. The van der Waals surface area contributed by atoms with Crippen LogP contribution in [0.4, 0.5) is 0 Å². The van der Waals surface area contributed by atoms with E-state index in [0.717, 1.165) is 16.6 Å². The molecular formula is C23H24ClN3O3. The Bertz CT molecular complexity index is 1050. The van der Waals surface area contributed by atoms with Gasteiger partial charge in [-0.25, -0.2) is 4.98 Å². The van der Waals surface area contributed by atoms with Crippen LogP contribution in [0.5, 0.6) is 0 Å². The van der Waals surface area contributed by atoms with Crippen LogP contribution in [0.15, 0.2) is 48.5 Å². The topological polar surface area (TPSA) is 64.4 Å². The van der Waals surface area contributed by atoms with Crippen molar-refractivity contribution in [3.8, 4) is 0 Å². The first-order valence-corrected chi connectivity index (χ1v) is 10.6. The van der Waals surface area contributed by atoms with Crippen molar-refractivity contribution in [3.05, 3.63) is 64.9 Å². The Hall–Kier alpha value is -2.86. The smallest absolute Gasteiger partial charge is 0.309 e. The highest BCUT2D eigenvalue weighted by Crippen LogP contribution is 2.23. The number of carbonyl (C=O) groups is 2. The van der Waals surface area contributed by atoms with Crippen molar-refractivity contribution in [1.29, 1.82) is 0 Å². The van der Waals surface area contributed by atoms with Gasteiger partial charge in [-0.2, -0.15) is 0 Å². The van der Waals surface area contributed by atoms with E-state index in [0.29, 0.717) is 49.9 Å². The lowest BCUT2D eigenvalue weighted by Crippen LogP contribution is -2.41. The van der Waals surface area contributed by atoms with Gasteiger partial charge in [-0.1, -0.05) is 35.9 Å². The molecule has 1 aromatic heterocycles. The number of aromatic nitrogens is 2. The van der Waals surface area contributed by atoms with Crippen molar-refractivity contribution < 1.29 is 14.3 Å². The highest BCUT2D eigenvalue weighted by molar-refractivity contribution is 6.30. The summed E-state index contributed by atoms with van der Waals surface area (Å²) in [7, 11) is 0. The Morgan fingerprint density at radius 1 is 1.10 bits per heavy atom. The average molecular weight is 426 g/mol. The van der Waals surface area contributed by atoms with Crippen molar-refractivity contribution >= 4 is 34.5 Å². The van der Waals surface area contributed by atoms with Crippen LogP contribution in [0.1, 0.15) is 35.9 Å². The van der Waals surface area contributed by atoms with E-state index < -0.39 is 0 Å². The summed E-state index contributed by atoms with van der Waals surface area (Å²) in [5.74, 6) is 0.00432. The number of nitrogens with zero attached hydrogens (tertiary/aromatic N) is 3. The van der Waals surface area contributed by atoms with Crippen molar-refractivity contribution in [2.45, 2.75) is 26.3 Å². The van der Waals surface area contributed by atoms with Gasteiger partial charge in [-0.3, -0.25) is 9.59 Å². The summed E-state index contributed by atoms with van der Waals surface area (Å²) in [6.45, 7) is 3.76. The Balaban J connectivity index is 1.58. The maximum Gasteiger partial charge on any atom is 0.309 e. The molecule has 0 N–H and O–H groups in total. The minimum atomic E-state index is -0.167. The number of esters is 1. The molecule has 0 radical (unpaired) electrons. The molecule has 6 nitrogen and oxygen atoms in total. The fourth-order valence-electron chi connectivity index (χ4n) is 3.89. The summed E-state index contributed by atoms with van der Waals surface area (Å²) in [6, 6.07) is 15.4. The largest absolute Gasteiger partial charge is 0.466 e. The Kier molecular flexibility index (Phi) is 6.04. The number of imidazole rings is 1. The van der Waals surface area contributed by atoms with E-state index in [1.165, 1.54) is 0 Å². The van der Waals surface area contributed by atoms with Gasteiger partial charge in [0.25, 0.3) is 5.91 Å². The molecule has 3 aromatic rings. The third-order valence-corrected chi connectivity index (χ3v) is 5.75. The molecule has 2 aromatic carbocycles. The summed E-state index contributed by atoms with van der Waals surface area (Å²) in [5, 5.41) is 0.676. The van der Waals surface area contributed by atoms with Gasteiger partial charge < -0.3 is 14.2 Å². The lowest BCUT2D eigenvalue weighted by molar-refractivity contribution is -0.149. The zero-order valence-corrected chi connectivity index (χ0v) is 17.6. The third-order valence-electron chi connectivity index (χ3n) is 5.50. The molecule has 1 amide bonds. The van der Waals surface area contributed by atoms with Crippen LogP contribution in [0.2, 0.25) is 5.02 Å². The Morgan fingerprint density at radius 3 is 2.50 bits per heavy atom. The van der Waals surface area contributed by atoms with E-state index in [9.17, 15) is 9.59 Å². The molecule has 2 heterocycles. The van der Waals surface area contributed by atoms with E-state index in [4.69, 9.17) is 16.3 Å². The number of benzene rings is 2. The molecule has 1 fully saturated rings. The first-order valence-electron chi connectivity index (χ1n) is 10.2. The van der Waals surface area contributed by atoms with E-state index in [1.807, 2.05) is 60.0 Å². The van der Waals surface area contributed by atoms with Crippen molar-refractivity contribution in [2.24, 2.45) is 5.92 Å². The van der Waals surface area contributed by atoms with Gasteiger partial charge in [0.05, 0.1) is 23.6 Å². The molecule has 4 rings (SSSR count). The molecule has 0 spiro atoms. The normalized spacial score (nSPS) is 14.8. The summed E-state index contributed by atoms with van der Waals surface area (Å²) in [6.07, 6.45) is 1.23. The summed E-state index contributed by atoms with van der Waals surface area (Å²) >= 11 is 6.01. The number of piperidine rings is 1. The maximum absolute atomic E-state index is 13.3. The van der Waals surface area contributed by atoms with Gasteiger partial charge in [-0.05, 0) is 49.6 Å². The van der Waals surface area contributed by atoms with Gasteiger partial charge in [0.1, 0.15) is 0 Å². The van der Waals surface area contributed by atoms with Crippen molar-refractivity contribution in [1.82, 2.24) is 14.5 Å². The lowest BCUT2D eigenvalue weighted by atomic mass is 9.97. The van der Waals surface area contributed by atoms with Crippen LogP contribution >= 0.6 is 11.6 Å². The minimum absolute atomic E-state index is 0.109. The van der Waals surface area contributed by atoms with Crippen LogP contribution in [0.25, 0.3) is 11.0 Å². The Morgan fingerprint density at radius 2 is 1.80 bits per heavy atom. The average Bonchev–Trinajstić information content (AvgIpc) is 3.13. The number of ether oxygens (including phenoxy) is 1. The fraction of sp³-hybridized carbons (Fsp3) is 0.348. The predicted molar refractivity (Wildman–Crippen MR) is 116 cm³/mol. The second-order valence-electron chi connectivity index (χ2n) is 7.46. The highest BCUT2D eigenvalue weighted by Gasteiger charge is 2.30. The molecule has 0 atom stereocenters. The van der Waals surface area contributed by atoms with E-state index in [1.54, 1.807) is 4.90 Å². The molecule has 0 unspecified atom stereocenters. The van der Waals surface area contributed by atoms with Crippen molar-refractivity contribution in [2.75, 3.05) is 19.7 Å². The second-order valence-corrected chi connectivity index (χ2v) is 7.89. The summed E-state index contributed by atoms with van der Waals surface area (Å²) in [5.41, 5.74) is 2.74. The molecular weight excluding hydrogens is 402 g/mol. The number of carbonyl (C=O) groups excluding carboxylic acids is 2. The molecule has 1 aliphatic heterocycles.